The Kier molecular flexibility index (Phi) is 4.17. The Bertz CT molecular complexity index is 518. The van der Waals surface area contributed by atoms with Crippen molar-refractivity contribution in [3.63, 3.8) is 0 Å². The summed E-state index contributed by atoms with van der Waals surface area (Å²) >= 11 is 8.58. The smallest absolute Gasteiger partial charge is 0.248 e. The van der Waals surface area contributed by atoms with E-state index in [1.165, 1.54) is 18.2 Å². The van der Waals surface area contributed by atoms with Crippen molar-refractivity contribution in [3.8, 4) is 0 Å². The Morgan fingerprint density at radius 3 is 2.62 bits per heavy atom. The summed E-state index contributed by atoms with van der Waals surface area (Å²) in [6.07, 6.45) is 0. The minimum absolute atomic E-state index is 0.123. The van der Waals surface area contributed by atoms with Crippen LogP contribution in [0.4, 0.5) is 5.69 Å². The third-order valence-electron chi connectivity index (χ3n) is 1.66. The van der Waals surface area contributed by atoms with E-state index in [-0.39, 0.29) is 20.9 Å². The fourth-order valence-electron chi connectivity index (χ4n) is 0.952. The number of hydrogen-bond acceptors (Lipinski definition) is 3. The minimum atomic E-state index is -3.51. The Morgan fingerprint density at radius 1 is 1.50 bits per heavy atom. The summed E-state index contributed by atoms with van der Waals surface area (Å²) in [4.78, 5) is 10.9. The van der Waals surface area contributed by atoms with E-state index in [0.717, 1.165) is 0 Å². The molecule has 8 heteroatoms. The monoisotopic (exact) mass is 326 g/mol. The average Bonchev–Trinajstić information content (AvgIpc) is 2.21. The zero-order valence-corrected chi connectivity index (χ0v) is 11.1. The molecule has 1 amide bonds. The van der Waals surface area contributed by atoms with Gasteiger partial charge in [-0.15, -0.1) is 0 Å². The van der Waals surface area contributed by atoms with Gasteiger partial charge in [0.25, 0.3) is 0 Å². The SMILES string of the molecule is NC(=O)c1ccc(Cl)c(NS(=O)(=O)CBr)c1. The molecule has 3 N–H and O–H groups in total. The standard InChI is InChI=1S/C8H8BrClN2O3S/c9-4-16(14,15)12-7-3-5(8(11)13)1-2-6(7)10/h1-3,12H,4H2,(H2,11,13). The lowest BCUT2D eigenvalue weighted by Crippen LogP contribution is -2.15. The zero-order valence-electron chi connectivity index (χ0n) is 7.91. The van der Waals surface area contributed by atoms with Crippen molar-refractivity contribution in [3.05, 3.63) is 28.8 Å². The van der Waals surface area contributed by atoms with Gasteiger partial charge in [0.1, 0.15) is 4.66 Å². The number of hydrogen-bond donors (Lipinski definition) is 2. The maximum atomic E-state index is 11.3. The predicted octanol–water partition coefficient (Wildman–Crippen LogP) is 1.53. The zero-order chi connectivity index (χ0) is 12.3. The predicted molar refractivity (Wildman–Crippen MR) is 66.3 cm³/mol. The van der Waals surface area contributed by atoms with E-state index in [4.69, 9.17) is 17.3 Å². The van der Waals surface area contributed by atoms with Gasteiger partial charge in [-0.1, -0.05) is 27.5 Å². The van der Waals surface area contributed by atoms with Crippen molar-refractivity contribution in [1.29, 1.82) is 0 Å². The van der Waals surface area contributed by atoms with Gasteiger partial charge in [0.2, 0.25) is 15.9 Å². The summed E-state index contributed by atoms with van der Waals surface area (Å²) in [7, 11) is -3.51. The van der Waals surface area contributed by atoms with Crippen molar-refractivity contribution in [2.24, 2.45) is 5.73 Å². The quantitative estimate of drug-likeness (QED) is 0.822. The number of rotatable bonds is 4. The minimum Gasteiger partial charge on any atom is -0.366 e. The normalized spacial score (nSPS) is 11.1. The molecule has 0 aromatic heterocycles. The first kappa shape index (κ1) is 13.3. The first-order valence-corrected chi connectivity index (χ1v) is 7.16. The Morgan fingerprint density at radius 2 is 2.12 bits per heavy atom. The van der Waals surface area contributed by atoms with Gasteiger partial charge < -0.3 is 5.73 Å². The fourth-order valence-corrected chi connectivity index (χ4v) is 2.07. The number of benzene rings is 1. The highest BCUT2D eigenvalue weighted by molar-refractivity contribution is 9.10. The number of alkyl halides is 1. The molecule has 0 fully saturated rings. The van der Waals surface area contributed by atoms with E-state index in [9.17, 15) is 13.2 Å². The summed E-state index contributed by atoms with van der Waals surface area (Å²) in [5.41, 5.74) is 5.36. The molecular formula is C8H8BrClN2O3S. The molecule has 0 unspecified atom stereocenters. The number of carbonyl (C=O) groups is 1. The summed E-state index contributed by atoms with van der Waals surface area (Å²) in [6, 6.07) is 4.09. The Labute approximate surface area is 106 Å². The van der Waals surface area contributed by atoms with Gasteiger partial charge in [0.05, 0.1) is 10.7 Å². The molecule has 1 aromatic carbocycles. The number of anilines is 1. The third kappa shape index (κ3) is 3.36. The highest BCUT2D eigenvalue weighted by Crippen LogP contribution is 2.24. The van der Waals surface area contributed by atoms with Crippen LogP contribution in [0.1, 0.15) is 10.4 Å². The van der Waals surface area contributed by atoms with Gasteiger partial charge in [-0.2, -0.15) is 0 Å². The molecule has 0 aliphatic heterocycles. The fraction of sp³-hybridized carbons (Fsp3) is 0.125. The van der Waals surface area contributed by atoms with Crippen LogP contribution in [0.2, 0.25) is 5.02 Å². The van der Waals surface area contributed by atoms with E-state index in [2.05, 4.69) is 20.7 Å². The van der Waals surface area contributed by atoms with E-state index in [1.807, 2.05) is 0 Å². The van der Waals surface area contributed by atoms with Gasteiger partial charge in [0.15, 0.2) is 0 Å². The van der Waals surface area contributed by atoms with Crippen molar-refractivity contribution in [1.82, 2.24) is 0 Å². The lowest BCUT2D eigenvalue weighted by molar-refractivity contribution is 0.100. The van der Waals surface area contributed by atoms with Crippen LogP contribution in [0, 0.1) is 0 Å². The van der Waals surface area contributed by atoms with Crippen LogP contribution in [-0.2, 0) is 10.0 Å². The van der Waals surface area contributed by atoms with E-state index in [1.54, 1.807) is 0 Å². The molecule has 88 valence electrons. The molecule has 1 aromatic rings. The van der Waals surface area contributed by atoms with Crippen LogP contribution in [-0.4, -0.2) is 19.0 Å². The van der Waals surface area contributed by atoms with Crippen molar-refractivity contribution in [2.45, 2.75) is 0 Å². The number of halogens is 2. The second kappa shape index (κ2) is 5.03. The molecule has 0 bridgehead atoms. The highest BCUT2D eigenvalue weighted by atomic mass is 79.9. The van der Waals surface area contributed by atoms with Crippen molar-refractivity contribution in [2.75, 3.05) is 9.38 Å². The molecule has 0 atom stereocenters. The second-order valence-electron chi connectivity index (χ2n) is 2.88. The lowest BCUT2D eigenvalue weighted by Gasteiger charge is -2.08. The maximum Gasteiger partial charge on any atom is 0.248 e. The highest BCUT2D eigenvalue weighted by Gasteiger charge is 2.12. The lowest BCUT2D eigenvalue weighted by atomic mass is 10.2. The van der Waals surface area contributed by atoms with E-state index in [0.29, 0.717) is 0 Å². The van der Waals surface area contributed by atoms with Gasteiger partial charge in [-0.05, 0) is 18.2 Å². The molecule has 16 heavy (non-hydrogen) atoms. The molecule has 1 rings (SSSR count). The number of nitrogens with one attached hydrogen (secondary N) is 1. The van der Waals surface area contributed by atoms with Crippen LogP contribution in [0.15, 0.2) is 18.2 Å². The number of carbonyl (C=O) groups excluding carboxylic acids is 1. The van der Waals surface area contributed by atoms with Crippen LogP contribution >= 0.6 is 27.5 Å². The second-order valence-corrected chi connectivity index (χ2v) is 6.32. The van der Waals surface area contributed by atoms with E-state index >= 15 is 0 Å². The summed E-state index contributed by atoms with van der Waals surface area (Å²) < 4.78 is 24.5. The van der Waals surface area contributed by atoms with Gasteiger partial charge >= 0.3 is 0 Å². The van der Waals surface area contributed by atoms with Crippen LogP contribution in [0.25, 0.3) is 0 Å². The molecule has 0 aliphatic rings. The molecule has 0 saturated heterocycles. The first-order chi connectivity index (χ1) is 7.35. The largest absolute Gasteiger partial charge is 0.366 e. The molecule has 0 heterocycles. The maximum absolute atomic E-state index is 11.3. The molecular weight excluding hydrogens is 320 g/mol. The average molecular weight is 328 g/mol. The number of sulfonamides is 1. The molecule has 0 aliphatic carbocycles. The summed E-state index contributed by atoms with van der Waals surface area (Å²) in [5.74, 6) is -0.657. The molecule has 0 saturated carbocycles. The summed E-state index contributed by atoms with van der Waals surface area (Å²) in [5, 5.41) is 0.189. The first-order valence-electron chi connectivity index (χ1n) is 4.01. The Balaban J connectivity index is 3.13. The van der Waals surface area contributed by atoms with Crippen molar-refractivity contribution >= 4 is 49.1 Å². The molecule has 0 spiro atoms. The van der Waals surface area contributed by atoms with E-state index < -0.39 is 15.9 Å². The van der Waals surface area contributed by atoms with Crippen LogP contribution in [0.3, 0.4) is 0 Å². The molecule has 0 radical (unpaired) electrons. The molecule has 5 nitrogen and oxygen atoms in total. The topological polar surface area (TPSA) is 89.3 Å². The number of amides is 1. The number of nitrogens with two attached hydrogens (primary N) is 1. The van der Waals surface area contributed by atoms with Gasteiger partial charge in [-0.3, -0.25) is 9.52 Å². The van der Waals surface area contributed by atoms with Crippen LogP contribution < -0.4 is 10.5 Å². The Hall–Kier alpha value is -0.790. The van der Waals surface area contributed by atoms with Crippen molar-refractivity contribution < 1.29 is 13.2 Å². The van der Waals surface area contributed by atoms with Crippen LogP contribution in [0.5, 0.6) is 0 Å². The third-order valence-corrected chi connectivity index (χ3v) is 4.62. The number of primary amides is 1. The van der Waals surface area contributed by atoms with Gasteiger partial charge in [0, 0.05) is 5.56 Å². The van der Waals surface area contributed by atoms with Gasteiger partial charge in [-0.25, -0.2) is 8.42 Å². The summed E-state index contributed by atoms with van der Waals surface area (Å²) in [6.45, 7) is 0.